The van der Waals surface area contributed by atoms with E-state index in [9.17, 15) is 0 Å². The summed E-state index contributed by atoms with van der Waals surface area (Å²) in [5, 5.41) is 4.47. The highest BCUT2D eigenvalue weighted by atomic mass is 79.9. The number of hydrogen-bond acceptors (Lipinski definition) is 3. The molecular weight excluding hydrogens is 340 g/mol. The number of aromatic nitrogens is 2. The highest BCUT2D eigenvalue weighted by Gasteiger charge is 2.08. The van der Waals surface area contributed by atoms with Gasteiger partial charge in [-0.05, 0) is 43.7 Å². The largest absolute Gasteiger partial charge is 0.309 e. The predicted octanol–water partition coefficient (Wildman–Crippen LogP) is 4.65. The van der Waals surface area contributed by atoms with Gasteiger partial charge in [-0.3, -0.25) is 0 Å². The Morgan fingerprint density at radius 1 is 1.18 bits per heavy atom. The van der Waals surface area contributed by atoms with Crippen LogP contribution in [0.2, 0.25) is 0 Å². The maximum absolute atomic E-state index is 4.60. The number of rotatable bonds is 4. The second-order valence-corrected chi connectivity index (χ2v) is 5.90. The van der Waals surface area contributed by atoms with Crippen molar-refractivity contribution in [2.45, 2.75) is 20.4 Å². The SMILES string of the molecule is CCn1c(N/N=C(\C)c2ccc(Br)cc2)nc2ccccc21. The molecule has 0 bridgehead atoms. The van der Waals surface area contributed by atoms with Gasteiger partial charge in [0.25, 0.3) is 0 Å². The van der Waals surface area contributed by atoms with Crippen LogP contribution < -0.4 is 5.43 Å². The predicted molar refractivity (Wildman–Crippen MR) is 95.4 cm³/mol. The van der Waals surface area contributed by atoms with Crippen LogP contribution in [-0.2, 0) is 6.54 Å². The number of halogens is 1. The number of para-hydroxylation sites is 2. The maximum Gasteiger partial charge on any atom is 0.224 e. The van der Waals surface area contributed by atoms with E-state index in [-0.39, 0.29) is 0 Å². The van der Waals surface area contributed by atoms with E-state index in [2.05, 4.69) is 49.0 Å². The number of anilines is 1. The molecule has 22 heavy (non-hydrogen) atoms. The molecule has 0 amide bonds. The number of benzene rings is 2. The smallest absolute Gasteiger partial charge is 0.224 e. The summed E-state index contributed by atoms with van der Waals surface area (Å²) in [6.07, 6.45) is 0. The van der Waals surface area contributed by atoms with Crippen LogP contribution in [0.4, 0.5) is 5.95 Å². The second-order valence-electron chi connectivity index (χ2n) is 4.98. The molecule has 1 aromatic heterocycles. The molecule has 0 spiro atoms. The molecule has 3 aromatic rings. The molecule has 0 radical (unpaired) electrons. The van der Waals surface area contributed by atoms with E-state index in [0.29, 0.717) is 0 Å². The minimum atomic E-state index is 0.764. The normalized spacial score (nSPS) is 11.9. The lowest BCUT2D eigenvalue weighted by Gasteiger charge is -2.06. The third-order valence-corrected chi connectivity index (χ3v) is 4.09. The van der Waals surface area contributed by atoms with Gasteiger partial charge in [0.05, 0.1) is 16.7 Å². The van der Waals surface area contributed by atoms with Crippen LogP contribution in [0.1, 0.15) is 19.4 Å². The summed E-state index contributed by atoms with van der Waals surface area (Å²) in [7, 11) is 0. The molecule has 3 rings (SSSR count). The molecule has 0 aliphatic rings. The van der Waals surface area contributed by atoms with E-state index in [1.807, 2.05) is 49.4 Å². The molecule has 112 valence electrons. The van der Waals surface area contributed by atoms with Gasteiger partial charge < -0.3 is 4.57 Å². The summed E-state index contributed by atoms with van der Waals surface area (Å²) < 4.78 is 3.18. The summed E-state index contributed by atoms with van der Waals surface area (Å²) in [4.78, 5) is 4.60. The summed E-state index contributed by atoms with van der Waals surface area (Å²) in [5.41, 5.74) is 7.18. The van der Waals surface area contributed by atoms with Gasteiger partial charge in [-0.1, -0.05) is 40.2 Å². The van der Waals surface area contributed by atoms with Gasteiger partial charge in [-0.2, -0.15) is 5.10 Å². The first kappa shape index (κ1) is 14.8. The zero-order valence-electron chi connectivity index (χ0n) is 12.5. The molecule has 1 heterocycles. The Hall–Kier alpha value is -2.14. The number of hydrogen-bond donors (Lipinski definition) is 1. The molecule has 5 heteroatoms. The molecule has 2 aromatic carbocycles. The number of nitrogens with zero attached hydrogens (tertiary/aromatic N) is 3. The van der Waals surface area contributed by atoms with E-state index in [0.717, 1.165) is 39.3 Å². The van der Waals surface area contributed by atoms with Crippen LogP contribution in [-0.4, -0.2) is 15.3 Å². The van der Waals surface area contributed by atoms with E-state index in [1.165, 1.54) is 0 Å². The first-order valence-electron chi connectivity index (χ1n) is 7.20. The van der Waals surface area contributed by atoms with Crippen molar-refractivity contribution in [3.63, 3.8) is 0 Å². The molecular formula is C17H17BrN4. The van der Waals surface area contributed by atoms with Crippen molar-refractivity contribution >= 4 is 38.6 Å². The molecule has 0 saturated carbocycles. The first-order valence-corrected chi connectivity index (χ1v) is 8.00. The Bertz CT molecular complexity index is 818. The maximum atomic E-state index is 4.60. The fraction of sp³-hybridized carbons (Fsp3) is 0.176. The third-order valence-electron chi connectivity index (χ3n) is 3.56. The van der Waals surface area contributed by atoms with Crippen LogP contribution in [0.25, 0.3) is 11.0 Å². The Morgan fingerprint density at radius 3 is 2.64 bits per heavy atom. The topological polar surface area (TPSA) is 42.2 Å². The van der Waals surface area contributed by atoms with Crippen molar-refractivity contribution in [1.82, 2.24) is 9.55 Å². The van der Waals surface area contributed by atoms with Crippen molar-refractivity contribution in [1.29, 1.82) is 0 Å². The molecule has 0 atom stereocenters. The van der Waals surface area contributed by atoms with E-state index in [4.69, 9.17) is 0 Å². The van der Waals surface area contributed by atoms with Crippen molar-refractivity contribution in [3.05, 3.63) is 58.6 Å². The van der Waals surface area contributed by atoms with E-state index >= 15 is 0 Å². The van der Waals surface area contributed by atoms with Crippen LogP contribution in [0.15, 0.2) is 58.1 Å². The standard InChI is InChI=1S/C17H17BrN4/c1-3-22-16-7-5-4-6-15(16)19-17(22)21-20-12(2)13-8-10-14(18)11-9-13/h4-11H,3H2,1-2H3,(H,19,21)/b20-12+. The Kier molecular flexibility index (Phi) is 4.24. The van der Waals surface area contributed by atoms with Crippen molar-refractivity contribution in [2.75, 3.05) is 5.43 Å². The molecule has 0 unspecified atom stereocenters. The van der Waals surface area contributed by atoms with Crippen molar-refractivity contribution < 1.29 is 0 Å². The van der Waals surface area contributed by atoms with Gasteiger partial charge in [0.1, 0.15) is 0 Å². The average molecular weight is 357 g/mol. The van der Waals surface area contributed by atoms with Crippen LogP contribution in [0.5, 0.6) is 0 Å². The fourth-order valence-corrected chi connectivity index (χ4v) is 2.63. The number of hydrazone groups is 1. The van der Waals surface area contributed by atoms with Crippen molar-refractivity contribution in [2.24, 2.45) is 5.10 Å². The van der Waals surface area contributed by atoms with Gasteiger partial charge in [-0.25, -0.2) is 10.4 Å². The molecule has 4 nitrogen and oxygen atoms in total. The Labute approximate surface area is 138 Å². The molecule has 0 saturated heterocycles. The van der Waals surface area contributed by atoms with Gasteiger partial charge in [0.2, 0.25) is 5.95 Å². The van der Waals surface area contributed by atoms with Gasteiger partial charge in [0, 0.05) is 11.0 Å². The minimum Gasteiger partial charge on any atom is -0.309 e. The first-order chi connectivity index (χ1) is 10.7. The summed E-state index contributed by atoms with van der Waals surface area (Å²) in [6.45, 7) is 4.93. The van der Waals surface area contributed by atoms with Crippen LogP contribution in [0.3, 0.4) is 0 Å². The minimum absolute atomic E-state index is 0.764. The van der Waals surface area contributed by atoms with Crippen molar-refractivity contribution in [3.8, 4) is 0 Å². The molecule has 0 fully saturated rings. The zero-order chi connectivity index (χ0) is 15.5. The number of imidazole rings is 1. The monoisotopic (exact) mass is 356 g/mol. The fourth-order valence-electron chi connectivity index (χ4n) is 2.37. The highest BCUT2D eigenvalue weighted by molar-refractivity contribution is 9.10. The van der Waals surface area contributed by atoms with E-state index in [1.54, 1.807) is 0 Å². The van der Waals surface area contributed by atoms with Crippen LogP contribution >= 0.6 is 15.9 Å². The lowest BCUT2D eigenvalue weighted by atomic mass is 10.1. The van der Waals surface area contributed by atoms with Crippen LogP contribution in [0, 0.1) is 0 Å². The Morgan fingerprint density at radius 2 is 1.91 bits per heavy atom. The number of aryl methyl sites for hydroxylation is 1. The Balaban J connectivity index is 1.89. The molecule has 0 aliphatic carbocycles. The quantitative estimate of drug-likeness (QED) is 0.545. The number of fused-ring (bicyclic) bond motifs is 1. The molecule has 1 N–H and O–H groups in total. The third kappa shape index (κ3) is 2.90. The lowest BCUT2D eigenvalue weighted by Crippen LogP contribution is -2.05. The highest BCUT2D eigenvalue weighted by Crippen LogP contribution is 2.19. The average Bonchev–Trinajstić information content (AvgIpc) is 2.90. The molecule has 0 aliphatic heterocycles. The summed E-state index contributed by atoms with van der Waals surface area (Å²) in [6, 6.07) is 16.2. The summed E-state index contributed by atoms with van der Waals surface area (Å²) in [5.74, 6) is 0.764. The van der Waals surface area contributed by atoms with Gasteiger partial charge in [0.15, 0.2) is 0 Å². The number of nitrogens with one attached hydrogen (secondary N) is 1. The van der Waals surface area contributed by atoms with E-state index < -0.39 is 0 Å². The lowest BCUT2D eigenvalue weighted by molar-refractivity contribution is 0.791. The second kappa shape index (κ2) is 6.32. The van der Waals surface area contributed by atoms with Gasteiger partial charge in [-0.15, -0.1) is 0 Å². The zero-order valence-corrected chi connectivity index (χ0v) is 14.1. The van der Waals surface area contributed by atoms with Gasteiger partial charge >= 0.3 is 0 Å². The summed E-state index contributed by atoms with van der Waals surface area (Å²) >= 11 is 3.44.